The molecule has 0 spiro atoms. The maximum atomic E-state index is 11.8. The fourth-order valence-electron chi connectivity index (χ4n) is 2.39. The first-order valence-electron chi connectivity index (χ1n) is 6.64. The van der Waals surface area contributed by atoms with E-state index in [1.165, 1.54) is 11.8 Å². The summed E-state index contributed by atoms with van der Waals surface area (Å²) in [5.74, 6) is -1.19. The van der Waals surface area contributed by atoms with Crippen molar-refractivity contribution in [3.8, 4) is 0 Å². The summed E-state index contributed by atoms with van der Waals surface area (Å²) in [5.41, 5.74) is 1.60. The number of carbonyl (C=O) groups is 2. The average Bonchev–Trinajstić information content (AvgIpc) is 3.21. The van der Waals surface area contributed by atoms with Crippen LogP contribution in [0.5, 0.6) is 0 Å². The molecule has 1 amide bonds. The van der Waals surface area contributed by atoms with Crippen molar-refractivity contribution in [3.63, 3.8) is 0 Å². The topological polar surface area (TPSA) is 66.8 Å². The summed E-state index contributed by atoms with van der Waals surface area (Å²) in [6.45, 7) is 1.91. The van der Waals surface area contributed by atoms with Gasteiger partial charge in [0.15, 0.2) is 6.04 Å². The summed E-state index contributed by atoms with van der Waals surface area (Å²) in [6.07, 6.45) is 1.76. The second-order valence-electron chi connectivity index (χ2n) is 5.07. The van der Waals surface area contributed by atoms with Gasteiger partial charge in [0, 0.05) is 20.1 Å². The molecule has 1 fully saturated rings. The molecule has 0 aromatic heterocycles. The minimum atomic E-state index is -0.994. The standard InChI is InChI=1S/C15H19NO4/c1-10(17)16(13-7-8-13)14(15(18)19)12-5-3-11(4-6-12)9-20-2/h3-6,13-14H,7-9H2,1-2H3,(H,18,19). The van der Waals surface area contributed by atoms with Crippen molar-refractivity contribution in [1.82, 2.24) is 4.90 Å². The molecule has 1 aliphatic carbocycles. The van der Waals surface area contributed by atoms with Gasteiger partial charge in [0.1, 0.15) is 0 Å². The normalized spacial score (nSPS) is 15.7. The second kappa shape index (κ2) is 6.05. The fraction of sp³-hybridized carbons (Fsp3) is 0.467. The summed E-state index contributed by atoms with van der Waals surface area (Å²) in [6, 6.07) is 6.33. The highest BCUT2D eigenvalue weighted by Gasteiger charge is 2.39. The molecule has 108 valence electrons. The van der Waals surface area contributed by atoms with E-state index in [-0.39, 0.29) is 11.9 Å². The van der Waals surface area contributed by atoms with Gasteiger partial charge < -0.3 is 14.7 Å². The first-order chi connectivity index (χ1) is 9.54. The van der Waals surface area contributed by atoms with Gasteiger partial charge in [-0.3, -0.25) is 4.79 Å². The summed E-state index contributed by atoms with van der Waals surface area (Å²) in [4.78, 5) is 24.8. The molecule has 0 bridgehead atoms. The Morgan fingerprint density at radius 2 is 1.95 bits per heavy atom. The molecule has 1 unspecified atom stereocenters. The van der Waals surface area contributed by atoms with Crippen molar-refractivity contribution >= 4 is 11.9 Å². The summed E-state index contributed by atoms with van der Waals surface area (Å²) in [5, 5.41) is 9.48. The molecule has 0 heterocycles. The van der Waals surface area contributed by atoms with Gasteiger partial charge in [-0.05, 0) is 24.0 Å². The van der Waals surface area contributed by atoms with Crippen molar-refractivity contribution in [2.75, 3.05) is 7.11 Å². The van der Waals surface area contributed by atoms with Crippen LogP contribution in [0.2, 0.25) is 0 Å². The number of amides is 1. The molecule has 1 aromatic rings. The van der Waals surface area contributed by atoms with Crippen molar-refractivity contribution in [3.05, 3.63) is 35.4 Å². The Balaban J connectivity index is 2.27. The Kier molecular flexibility index (Phi) is 4.39. The van der Waals surface area contributed by atoms with Crippen LogP contribution < -0.4 is 0 Å². The lowest BCUT2D eigenvalue weighted by molar-refractivity contribution is -0.150. The molecule has 0 radical (unpaired) electrons. The van der Waals surface area contributed by atoms with E-state index in [9.17, 15) is 14.7 Å². The molecule has 0 aliphatic heterocycles. The second-order valence-corrected chi connectivity index (χ2v) is 5.07. The van der Waals surface area contributed by atoms with Gasteiger partial charge in [0.05, 0.1) is 6.61 Å². The number of benzene rings is 1. The Labute approximate surface area is 118 Å². The van der Waals surface area contributed by atoms with Crippen LogP contribution in [0.3, 0.4) is 0 Å². The Bertz CT molecular complexity index is 493. The Morgan fingerprint density at radius 3 is 2.35 bits per heavy atom. The lowest BCUT2D eigenvalue weighted by Crippen LogP contribution is -2.39. The van der Waals surface area contributed by atoms with Gasteiger partial charge in [-0.15, -0.1) is 0 Å². The van der Waals surface area contributed by atoms with Gasteiger partial charge >= 0.3 is 5.97 Å². The molecule has 1 aliphatic rings. The first kappa shape index (κ1) is 14.5. The number of ether oxygens (including phenoxy) is 1. The monoisotopic (exact) mass is 277 g/mol. The molecular formula is C15H19NO4. The van der Waals surface area contributed by atoms with Crippen LogP contribution in [0.4, 0.5) is 0 Å². The van der Waals surface area contributed by atoms with Crippen LogP contribution in [0.1, 0.15) is 36.9 Å². The molecule has 5 nitrogen and oxygen atoms in total. The maximum absolute atomic E-state index is 11.8. The van der Waals surface area contributed by atoms with Crippen LogP contribution in [0.25, 0.3) is 0 Å². The number of carboxylic acids is 1. The molecule has 1 aromatic carbocycles. The number of carbonyl (C=O) groups excluding carboxylic acids is 1. The molecule has 1 saturated carbocycles. The number of methoxy groups -OCH3 is 1. The molecule has 2 rings (SSSR count). The third-order valence-corrected chi connectivity index (χ3v) is 3.42. The largest absolute Gasteiger partial charge is 0.479 e. The van der Waals surface area contributed by atoms with E-state index < -0.39 is 12.0 Å². The van der Waals surface area contributed by atoms with Crippen molar-refractivity contribution in [2.24, 2.45) is 0 Å². The van der Waals surface area contributed by atoms with Crippen LogP contribution >= 0.6 is 0 Å². The summed E-state index contributed by atoms with van der Waals surface area (Å²) in [7, 11) is 1.61. The molecule has 1 atom stereocenters. The number of carboxylic acid groups (broad SMARTS) is 1. The molecule has 20 heavy (non-hydrogen) atoms. The lowest BCUT2D eigenvalue weighted by Gasteiger charge is -2.28. The van der Waals surface area contributed by atoms with E-state index in [1.807, 2.05) is 12.1 Å². The zero-order valence-corrected chi connectivity index (χ0v) is 11.7. The maximum Gasteiger partial charge on any atom is 0.331 e. The van der Waals surface area contributed by atoms with Gasteiger partial charge in [-0.1, -0.05) is 24.3 Å². The van der Waals surface area contributed by atoms with E-state index >= 15 is 0 Å². The fourth-order valence-corrected chi connectivity index (χ4v) is 2.39. The van der Waals surface area contributed by atoms with Gasteiger partial charge in [-0.2, -0.15) is 0 Å². The van der Waals surface area contributed by atoms with Crippen molar-refractivity contribution < 1.29 is 19.4 Å². The molecule has 0 saturated heterocycles. The smallest absolute Gasteiger partial charge is 0.331 e. The summed E-state index contributed by atoms with van der Waals surface area (Å²) >= 11 is 0. The van der Waals surface area contributed by atoms with Crippen LogP contribution in [0.15, 0.2) is 24.3 Å². The SMILES string of the molecule is COCc1ccc(C(C(=O)O)N(C(C)=O)C2CC2)cc1. The molecule has 5 heteroatoms. The van der Waals surface area contributed by atoms with E-state index in [0.29, 0.717) is 12.2 Å². The third-order valence-electron chi connectivity index (χ3n) is 3.42. The van der Waals surface area contributed by atoms with Gasteiger partial charge in [0.2, 0.25) is 5.91 Å². The van der Waals surface area contributed by atoms with Crippen LogP contribution in [0, 0.1) is 0 Å². The Morgan fingerprint density at radius 1 is 1.35 bits per heavy atom. The quantitative estimate of drug-likeness (QED) is 0.863. The van der Waals surface area contributed by atoms with E-state index in [2.05, 4.69) is 0 Å². The zero-order valence-electron chi connectivity index (χ0n) is 11.7. The molecule has 1 N–H and O–H groups in total. The predicted octanol–water partition coefficient (Wildman–Crippen LogP) is 1.97. The minimum absolute atomic E-state index is 0.0623. The van der Waals surface area contributed by atoms with Crippen LogP contribution in [-0.4, -0.2) is 35.0 Å². The molecular weight excluding hydrogens is 258 g/mol. The van der Waals surface area contributed by atoms with Crippen molar-refractivity contribution in [2.45, 2.75) is 38.5 Å². The highest BCUT2D eigenvalue weighted by molar-refractivity contribution is 5.84. The minimum Gasteiger partial charge on any atom is -0.479 e. The van der Waals surface area contributed by atoms with E-state index in [1.54, 1.807) is 19.2 Å². The highest BCUT2D eigenvalue weighted by atomic mass is 16.5. The first-order valence-corrected chi connectivity index (χ1v) is 6.64. The third kappa shape index (κ3) is 3.17. The van der Waals surface area contributed by atoms with E-state index in [0.717, 1.165) is 18.4 Å². The Hall–Kier alpha value is -1.88. The highest BCUT2D eigenvalue weighted by Crippen LogP contribution is 2.34. The lowest BCUT2D eigenvalue weighted by atomic mass is 10.0. The van der Waals surface area contributed by atoms with E-state index in [4.69, 9.17) is 4.74 Å². The number of nitrogens with zero attached hydrogens (tertiary/aromatic N) is 1. The number of hydrogen-bond donors (Lipinski definition) is 1. The van der Waals surface area contributed by atoms with Crippen LogP contribution in [-0.2, 0) is 20.9 Å². The predicted molar refractivity (Wildman–Crippen MR) is 73.1 cm³/mol. The van der Waals surface area contributed by atoms with Gasteiger partial charge in [0.25, 0.3) is 0 Å². The zero-order chi connectivity index (χ0) is 14.7. The van der Waals surface area contributed by atoms with Gasteiger partial charge in [-0.25, -0.2) is 4.79 Å². The number of hydrogen-bond acceptors (Lipinski definition) is 3. The number of aliphatic carboxylic acids is 1. The van der Waals surface area contributed by atoms with Crippen molar-refractivity contribution in [1.29, 1.82) is 0 Å². The summed E-state index contributed by atoms with van der Waals surface area (Å²) < 4.78 is 5.03. The average molecular weight is 277 g/mol. The number of rotatable bonds is 6.